The molecule has 2 N–H and O–H groups in total. The van der Waals surface area contributed by atoms with Crippen LogP contribution in [0.5, 0.6) is 0 Å². The van der Waals surface area contributed by atoms with Crippen molar-refractivity contribution in [2.24, 2.45) is 17.1 Å². The maximum atomic E-state index is 12.0. The van der Waals surface area contributed by atoms with Crippen molar-refractivity contribution in [3.8, 4) is 0 Å². The summed E-state index contributed by atoms with van der Waals surface area (Å²) >= 11 is 0. The van der Waals surface area contributed by atoms with Crippen molar-refractivity contribution in [3.63, 3.8) is 0 Å². The van der Waals surface area contributed by atoms with Crippen LogP contribution in [-0.4, -0.2) is 38.6 Å². The molecule has 0 aliphatic heterocycles. The minimum Gasteiger partial charge on any atom is -0.330 e. The van der Waals surface area contributed by atoms with E-state index in [0.29, 0.717) is 13.1 Å². The zero-order valence-electron chi connectivity index (χ0n) is 10.6. The van der Waals surface area contributed by atoms with Crippen molar-refractivity contribution >= 4 is 10.0 Å². The van der Waals surface area contributed by atoms with Gasteiger partial charge in [-0.2, -0.15) is 0 Å². The smallest absolute Gasteiger partial charge is 0.214 e. The molecule has 0 amide bonds. The van der Waals surface area contributed by atoms with E-state index in [4.69, 9.17) is 5.73 Å². The average molecular weight is 248 g/mol. The Kier molecular flexibility index (Phi) is 4.37. The highest BCUT2D eigenvalue weighted by atomic mass is 32.2. The Bertz CT molecular complexity index is 315. The third-order valence-electron chi connectivity index (χ3n) is 3.42. The molecule has 0 heterocycles. The van der Waals surface area contributed by atoms with Crippen LogP contribution < -0.4 is 5.73 Å². The predicted molar refractivity (Wildman–Crippen MR) is 66.6 cm³/mol. The summed E-state index contributed by atoms with van der Waals surface area (Å²) in [5.74, 6) is 0.395. The van der Waals surface area contributed by atoms with E-state index in [1.165, 1.54) is 10.7 Å². The molecule has 0 aromatic rings. The summed E-state index contributed by atoms with van der Waals surface area (Å²) in [6, 6.07) is 0. The second-order valence-corrected chi connectivity index (χ2v) is 7.61. The first-order valence-electron chi connectivity index (χ1n) is 5.95. The first kappa shape index (κ1) is 13.9. The zero-order chi connectivity index (χ0) is 12.4. The Morgan fingerprint density at radius 3 is 2.25 bits per heavy atom. The highest BCUT2D eigenvalue weighted by molar-refractivity contribution is 7.89. The molecule has 0 atom stereocenters. The fourth-order valence-electron chi connectivity index (χ4n) is 2.22. The van der Waals surface area contributed by atoms with Crippen LogP contribution in [0.15, 0.2) is 0 Å². The quantitative estimate of drug-likeness (QED) is 0.763. The van der Waals surface area contributed by atoms with E-state index in [1.54, 1.807) is 7.05 Å². The van der Waals surface area contributed by atoms with E-state index in [0.717, 1.165) is 12.8 Å². The Balaban J connectivity index is 2.60. The number of nitrogens with zero attached hydrogens (tertiary/aromatic N) is 1. The van der Waals surface area contributed by atoms with Gasteiger partial charge in [0.1, 0.15) is 0 Å². The van der Waals surface area contributed by atoms with Gasteiger partial charge in [-0.05, 0) is 30.7 Å². The highest BCUT2D eigenvalue weighted by Crippen LogP contribution is 2.40. The number of sulfonamides is 1. The zero-order valence-corrected chi connectivity index (χ0v) is 11.4. The van der Waals surface area contributed by atoms with Gasteiger partial charge >= 0.3 is 0 Å². The summed E-state index contributed by atoms with van der Waals surface area (Å²) < 4.78 is 25.4. The Morgan fingerprint density at radius 2 is 1.94 bits per heavy atom. The lowest BCUT2D eigenvalue weighted by Gasteiger charge is -2.43. The standard InChI is InChI=1S/C11H24N2O2S/c1-10(2)7-16(14,15)13(3)9-11(8-12)5-4-6-11/h10H,4-9,12H2,1-3H3. The maximum Gasteiger partial charge on any atom is 0.214 e. The largest absolute Gasteiger partial charge is 0.330 e. The van der Waals surface area contributed by atoms with Gasteiger partial charge in [0.05, 0.1) is 5.75 Å². The summed E-state index contributed by atoms with van der Waals surface area (Å²) in [5.41, 5.74) is 5.79. The first-order valence-corrected chi connectivity index (χ1v) is 7.56. The molecule has 0 bridgehead atoms. The van der Waals surface area contributed by atoms with E-state index in [2.05, 4.69) is 0 Å². The molecular formula is C11H24N2O2S. The Hall–Kier alpha value is -0.130. The molecule has 1 fully saturated rings. The van der Waals surface area contributed by atoms with Crippen LogP contribution in [0.4, 0.5) is 0 Å². The average Bonchev–Trinajstić information content (AvgIpc) is 2.08. The van der Waals surface area contributed by atoms with Crippen molar-refractivity contribution in [1.82, 2.24) is 4.31 Å². The number of nitrogens with two attached hydrogens (primary N) is 1. The molecule has 4 nitrogen and oxygen atoms in total. The van der Waals surface area contributed by atoms with Crippen LogP contribution in [0.1, 0.15) is 33.1 Å². The first-order chi connectivity index (χ1) is 7.31. The van der Waals surface area contributed by atoms with Gasteiger partial charge in [-0.3, -0.25) is 0 Å². The normalized spacial score (nSPS) is 20.1. The van der Waals surface area contributed by atoms with Gasteiger partial charge in [0.2, 0.25) is 10.0 Å². The van der Waals surface area contributed by atoms with Gasteiger partial charge in [0.25, 0.3) is 0 Å². The lowest BCUT2D eigenvalue weighted by molar-refractivity contribution is 0.117. The van der Waals surface area contributed by atoms with Gasteiger partial charge in [-0.15, -0.1) is 0 Å². The van der Waals surface area contributed by atoms with E-state index < -0.39 is 10.0 Å². The van der Waals surface area contributed by atoms with Crippen LogP contribution in [0, 0.1) is 11.3 Å². The molecular weight excluding hydrogens is 224 g/mol. The molecule has 0 saturated heterocycles. The topological polar surface area (TPSA) is 63.4 Å². The maximum absolute atomic E-state index is 12.0. The number of hydrogen-bond donors (Lipinski definition) is 1. The Labute approximate surface area is 99.2 Å². The SMILES string of the molecule is CC(C)CS(=O)(=O)N(C)CC1(CN)CCC1. The van der Waals surface area contributed by atoms with Crippen LogP contribution in [0.3, 0.4) is 0 Å². The molecule has 16 heavy (non-hydrogen) atoms. The molecule has 0 spiro atoms. The molecule has 0 aromatic heterocycles. The van der Waals surface area contributed by atoms with Gasteiger partial charge in [-0.25, -0.2) is 12.7 Å². The summed E-state index contributed by atoms with van der Waals surface area (Å²) in [7, 11) is -1.43. The van der Waals surface area contributed by atoms with E-state index >= 15 is 0 Å². The molecule has 1 aliphatic rings. The van der Waals surface area contributed by atoms with Crippen molar-refractivity contribution in [1.29, 1.82) is 0 Å². The molecule has 0 unspecified atom stereocenters. The monoisotopic (exact) mass is 248 g/mol. The summed E-state index contributed by atoms with van der Waals surface area (Å²) in [6.45, 7) is 5.02. The van der Waals surface area contributed by atoms with Gasteiger partial charge in [0.15, 0.2) is 0 Å². The fraction of sp³-hybridized carbons (Fsp3) is 1.00. The Morgan fingerprint density at radius 1 is 1.38 bits per heavy atom. The number of rotatable bonds is 6. The predicted octanol–water partition coefficient (Wildman–Crippen LogP) is 1.03. The van der Waals surface area contributed by atoms with Gasteiger partial charge < -0.3 is 5.73 Å². The molecule has 5 heteroatoms. The minimum atomic E-state index is -3.10. The van der Waals surface area contributed by atoms with Crippen molar-refractivity contribution in [3.05, 3.63) is 0 Å². The lowest BCUT2D eigenvalue weighted by Crippen LogP contribution is -2.48. The van der Waals surface area contributed by atoms with Crippen LogP contribution >= 0.6 is 0 Å². The molecule has 1 saturated carbocycles. The third kappa shape index (κ3) is 3.18. The van der Waals surface area contributed by atoms with Crippen LogP contribution in [-0.2, 0) is 10.0 Å². The lowest BCUT2D eigenvalue weighted by atomic mass is 9.69. The highest BCUT2D eigenvalue weighted by Gasteiger charge is 2.38. The van der Waals surface area contributed by atoms with Crippen LogP contribution in [0.25, 0.3) is 0 Å². The summed E-state index contributed by atoms with van der Waals surface area (Å²) in [6.07, 6.45) is 3.30. The van der Waals surface area contributed by atoms with E-state index in [-0.39, 0.29) is 17.1 Å². The molecule has 0 aromatic carbocycles. The van der Waals surface area contributed by atoms with Crippen molar-refractivity contribution in [2.45, 2.75) is 33.1 Å². The molecule has 0 radical (unpaired) electrons. The van der Waals surface area contributed by atoms with Crippen molar-refractivity contribution < 1.29 is 8.42 Å². The van der Waals surface area contributed by atoms with Crippen molar-refractivity contribution in [2.75, 3.05) is 25.9 Å². The van der Waals surface area contributed by atoms with E-state index in [9.17, 15) is 8.42 Å². The minimum absolute atomic E-state index is 0.0544. The molecule has 96 valence electrons. The summed E-state index contributed by atoms with van der Waals surface area (Å²) in [4.78, 5) is 0. The van der Waals surface area contributed by atoms with Gasteiger partial charge in [-0.1, -0.05) is 20.3 Å². The number of hydrogen-bond acceptors (Lipinski definition) is 3. The third-order valence-corrected chi connectivity index (χ3v) is 5.59. The second-order valence-electron chi connectivity index (χ2n) is 5.49. The molecule has 1 aliphatic carbocycles. The van der Waals surface area contributed by atoms with E-state index in [1.807, 2.05) is 13.8 Å². The molecule has 1 rings (SSSR count). The van der Waals surface area contributed by atoms with Crippen LogP contribution in [0.2, 0.25) is 0 Å². The van der Waals surface area contributed by atoms with Gasteiger partial charge in [0, 0.05) is 13.6 Å². The fourth-order valence-corrected chi connectivity index (χ4v) is 3.79. The second kappa shape index (κ2) is 5.02. The summed E-state index contributed by atoms with van der Waals surface area (Å²) in [5, 5.41) is 0.